The molecule has 0 aromatic heterocycles. The van der Waals surface area contributed by atoms with E-state index in [0.717, 1.165) is 77.0 Å². The summed E-state index contributed by atoms with van der Waals surface area (Å²) in [6.07, 6.45) is 19.6. The summed E-state index contributed by atoms with van der Waals surface area (Å²) in [6, 6.07) is 0. The Labute approximate surface area is 277 Å². The van der Waals surface area contributed by atoms with Gasteiger partial charge in [0.25, 0.3) is 0 Å². The van der Waals surface area contributed by atoms with Crippen LogP contribution in [0, 0.1) is 67.0 Å². The first kappa shape index (κ1) is 31.5. The first-order valence-corrected chi connectivity index (χ1v) is 19.1. The number of aliphatic carboxylic acids is 2. The highest BCUT2D eigenvalue weighted by atomic mass is 16.4. The van der Waals surface area contributed by atoms with Gasteiger partial charge in [-0.2, -0.15) is 10.2 Å². The van der Waals surface area contributed by atoms with Crippen molar-refractivity contribution in [3.63, 3.8) is 0 Å². The van der Waals surface area contributed by atoms with Crippen LogP contribution in [0.3, 0.4) is 0 Å². The largest absolute Gasteiger partial charge is 0.481 e. The zero-order chi connectivity index (χ0) is 32.8. The summed E-state index contributed by atoms with van der Waals surface area (Å²) in [5.74, 6) is 0.541. The Bertz CT molecular complexity index is 1330. The van der Waals surface area contributed by atoms with Crippen LogP contribution in [0.2, 0.25) is 0 Å². The van der Waals surface area contributed by atoms with Crippen molar-refractivity contribution in [1.29, 1.82) is 0 Å². The molecule has 4 bridgehead atoms. The van der Waals surface area contributed by atoms with Gasteiger partial charge in [-0.25, -0.2) is 0 Å². The smallest absolute Gasteiger partial charge is 0.309 e. The average molecular weight is 633 g/mol. The Balaban J connectivity index is 1.08. The molecule has 254 valence electrons. The molecule has 0 unspecified atom stereocenters. The maximum absolute atomic E-state index is 12.6. The van der Waals surface area contributed by atoms with Crippen LogP contribution in [0.25, 0.3) is 0 Å². The lowest BCUT2D eigenvalue weighted by atomic mass is 9.40. The second-order valence-electron chi connectivity index (χ2n) is 20.2. The maximum Gasteiger partial charge on any atom is 0.309 e. The van der Waals surface area contributed by atoms with E-state index in [1.807, 2.05) is 13.8 Å². The van der Waals surface area contributed by atoms with Crippen molar-refractivity contribution in [2.75, 3.05) is 0 Å². The van der Waals surface area contributed by atoms with E-state index in [0.29, 0.717) is 11.8 Å². The monoisotopic (exact) mass is 632 g/mol. The van der Waals surface area contributed by atoms with Crippen molar-refractivity contribution in [1.82, 2.24) is 0 Å². The van der Waals surface area contributed by atoms with Crippen molar-refractivity contribution in [3.8, 4) is 0 Å². The lowest BCUT2D eigenvalue weighted by Crippen LogP contribution is -2.58. The van der Waals surface area contributed by atoms with E-state index in [-0.39, 0.29) is 44.3 Å². The summed E-state index contributed by atoms with van der Waals surface area (Å²) in [5.41, 5.74) is 2.39. The summed E-state index contributed by atoms with van der Waals surface area (Å²) in [6.45, 7) is 14.0. The minimum absolute atomic E-state index is 0.0985. The SMILES string of the molecule is C[C@@]12CC[C@H]3[C@@](CC[C@H]4[C@@]3(C)CCC[C@@]4(C)C(=O)O)(C/C1=N\N=C1/C[C@]34CC[C@H]5[C@@](C)(CCC[C@@]5(C)C(=O)O)[C@H]3CC[C@@]1(C)C4)C2. The van der Waals surface area contributed by atoms with Crippen LogP contribution in [0.4, 0.5) is 0 Å². The predicted molar refractivity (Wildman–Crippen MR) is 181 cm³/mol. The van der Waals surface area contributed by atoms with Crippen LogP contribution < -0.4 is 0 Å². The van der Waals surface area contributed by atoms with Gasteiger partial charge in [-0.1, -0.05) is 40.5 Å². The molecule has 0 saturated heterocycles. The zero-order valence-electron chi connectivity index (χ0n) is 29.6. The number of carbonyl (C=O) groups is 2. The van der Waals surface area contributed by atoms with Gasteiger partial charge in [0.1, 0.15) is 0 Å². The summed E-state index contributed by atoms with van der Waals surface area (Å²) < 4.78 is 0. The number of fused-ring (bicyclic) bond motifs is 6. The number of hydrogen-bond donors (Lipinski definition) is 2. The Hall–Kier alpha value is -1.72. The summed E-state index contributed by atoms with van der Waals surface area (Å²) >= 11 is 0. The molecule has 8 aliphatic carbocycles. The Kier molecular flexibility index (Phi) is 6.51. The molecule has 8 aliphatic rings. The highest BCUT2D eigenvalue weighted by molar-refractivity contribution is 5.96. The van der Waals surface area contributed by atoms with Crippen LogP contribution in [-0.4, -0.2) is 33.6 Å². The predicted octanol–water partition coefficient (Wildman–Crippen LogP) is 9.56. The molecule has 46 heavy (non-hydrogen) atoms. The molecule has 0 heterocycles. The first-order chi connectivity index (χ1) is 21.5. The van der Waals surface area contributed by atoms with Crippen molar-refractivity contribution < 1.29 is 19.8 Å². The topological polar surface area (TPSA) is 99.3 Å². The Morgan fingerprint density at radius 1 is 0.543 bits per heavy atom. The van der Waals surface area contributed by atoms with E-state index >= 15 is 0 Å². The fourth-order valence-electron chi connectivity index (χ4n) is 16.0. The van der Waals surface area contributed by atoms with E-state index in [9.17, 15) is 19.8 Å². The fourth-order valence-corrected chi connectivity index (χ4v) is 16.0. The molecule has 2 spiro atoms. The van der Waals surface area contributed by atoms with E-state index in [1.165, 1.54) is 49.9 Å². The van der Waals surface area contributed by atoms with Crippen molar-refractivity contribution in [2.45, 2.75) is 157 Å². The summed E-state index contributed by atoms with van der Waals surface area (Å²) in [4.78, 5) is 25.2. The zero-order valence-corrected chi connectivity index (χ0v) is 29.6. The molecule has 0 aliphatic heterocycles. The van der Waals surface area contributed by atoms with Gasteiger partial charge in [-0.05, 0) is 162 Å². The molecular formula is C40H60N2O4. The van der Waals surface area contributed by atoms with Gasteiger partial charge in [-0.15, -0.1) is 0 Å². The second-order valence-corrected chi connectivity index (χ2v) is 20.2. The van der Waals surface area contributed by atoms with Gasteiger partial charge in [0.2, 0.25) is 0 Å². The number of carboxylic acid groups (broad SMARTS) is 2. The van der Waals surface area contributed by atoms with E-state index < -0.39 is 22.8 Å². The van der Waals surface area contributed by atoms with E-state index in [2.05, 4.69) is 27.7 Å². The van der Waals surface area contributed by atoms with Gasteiger partial charge < -0.3 is 10.2 Å². The molecule has 6 heteroatoms. The molecule has 8 saturated carbocycles. The van der Waals surface area contributed by atoms with E-state index in [4.69, 9.17) is 10.2 Å². The second kappa shape index (κ2) is 9.49. The van der Waals surface area contributed by atoms with Crippen LogP contribution in [0.5, 0.6) is 0 Å². The quantitative estimate of drug-likeness (QED) is 0.303. The van der Waals surface area contributed by atoms with Gasteiger partial charge in [-0.3, -0.25) is 9.59 Å². The fraction of sp³-hybridized carbons (Fsp3) is 0.900. The van der Waals surface area contributed by atoms with Crippen LogP contribution in [0.1, 0.15) is 157 Å². The van der Waals surface area contributed by atoms with E-state index in [1.54, 1.807) is 0 Å². The van der Waals surface area contributed by atoms with Crippen LogP contribution >= 0.6 is 0 Å². The van der Waals surface area contributed by atoms with Crippen LogP contribution in [0.15, 0.2) is 10.2 Å². The highest BCUT2D eigenvalue weighted by Gasteiger charge is 2.69. The summed E-state index contributed by atoms with van der Waals surface area (Å²) in [5, 5.41) is 31.3. The first-order valence-electron chi connectivity index (χ1n) is 19.1. The number of rotatable bonds is 3. The molecular weight excluding hydrogens is 572 g/mol. The van der Waals surface area contributed by atoms with Gasteiger partial charge >= 0.3 is 11.9 Å². The molecule has 0 radical (unpaired) electrons. The molecule has 0 amide bonds. The third-order valence-corrected chi connectivity index (χ3v) is 18.0. The minimum Gasteiger partial charge on any atom is -0.481 e. The standard InChI is InChI=1S/C40H60N2O4/c1-33-17-9-27-35(3)13-7-15-37(5,31(43)44)25(35)11-19-39(27,23-33)21-29(33)41-42-30-22-40-20-12-26-36(4,14-8-16-38(26,6)32(45)46)28(40)10-18-34(30,2)24-40/h25-28H,7-24H2,1-6H3,(H,43,44)(H,45,46)/b41-29+,42-30+/t25-,26-,27+,28+,33-,34-,35+,36+,37+,38+,39-,40-/m0/s1. The summed E-state index contributed by atoms with van der Waals surface area (Å²) in [7, 11) is 0. The van der Waals surface area contributed by atoms with Crippen molar-refractivity contribution >= 4 is 23.4 Å². The molecule has 0 aromatic rings. The van der Waals surface area contributed by atoms with Gasteiger partial charge in [0, 0.05) is 22.3 Å². The Morgan fingerprint density at radius 3 is 1.28 bits per heavy atom. The molecule has 6 nitrogen and oxygen atoms in total. The third kappa shape index (κ3) is 3.82. The number of hydrogen-bond acceptors (Lipinski definition) is 4. The number of nitrogens with zero attached hydrogens (tertiary/aromatic N) is 2. The lowest BCUT2D eigenvalue weighted by Gasteiger charge is -2.63. The molecule has 12 atom stereocenters. The highest BCUT2D eigenvalue weighted by Crippen LogP contribution is 2.75. The average Bonchev–Trinajstić information content (AvgIpc) is 3.31. The molecule has 0 aromatic carbocycles. The normalized spacial score (nSPS) is 57.3. The Morgan fingerprint density at radius 2 is 0.913 bits per heavy atom. The van der Waals surface area contributed by atoms with Gasteiger partial charge in [0.05, 0.1) is 10.8 Å². The van der Waals surface area contributed by atoms with Gasteiger partial charge in [0.15, 0.2) is 0 Å². The van der Waals surface area contributed by atoms with Crippen molar-refractivity contribution in [2.24, 2.45) is 77.2 Å². The van der Waals surface area contributed by atoms with Crippen molar-refractivity contribution in [3.05, 3.63) is 0 Å². The minimum atomic E-state index is -0.593. The molecule has 8 fully saturated rings. The molecule has 2 N–H and O–H groups in total. The molecule has 8 rings (SSSR count). The van der Waals surface area contributed by atoms with Crippen LogP contribution in [-0.2, 0) is 9.59 Å². The maximum atomic E-state index is 12.6. The number of carboxylic acids is 2. The third-order valence-electron chi connectivity index (χ3n) is 18.0. The lowest BCUT2D eigenvalue weighted by molar-refractivity contribution is -0.183.